The highest BCUT2D eigenvalue weighted by Gasteiger charge is 2.27. The third-order valence-corrected chi connectivity index (χ3v) is 6.60. The Labute approximate surface area is 243 Å². The Kier molecular flexibility index (Phi) is 13.5. The molecule has 0 heterocycles. The molecule has 0 aliphatic heterocycles. The lowest BCUT2D eigenvalue weighted by atomic mass is 10.2. The van der Waals surface area contributed by atoms with E-state index in [2.05, 4.69) is 10.6 Å². The van der Waals surface area contributed by atoms with Crippen LogP contribution in [-0.2, 0) is 19.2 Å². The number of non-ortho nitro benzene ring substituents is 2. The molecule has 0 saturated carbocycles. The molecule has 0 unspecified atom stereocenters. The van der Waals surface area contributed by atoms with Crippen LogP contribution in [0.15, 0.2) is 48.5 Å². The van der Waals surface area contributed by atoms with Gasteiger partial charge in [-0.25, -0.2) is 9.59 Å². The molecule has 0 aromatic heterocycles. The number of nitrogens with zero attached hydrogens (tertiary/aromatic N) is 2. The Hall–Kier alpha value is -4.18. The summed E-state index contributed by atoms with van der Waals surface area (Å²) in [6, 6.07) is 7.48. The summed E-state index contributed by atoms with van der Waals surface area (Å²) in [4.78, 5) is 71.0. The minimum Gasteiger partial charge on any atom is -0.425 e. The van der Waals surface area contributed by atoms with Crippen molar-refractivity contribution in [3.63, 3.8) is 0 Å². The summed E-state index contributed by atoms with van der Waals surface area (Å²) in [6.07, 6.45) is 3.30. The standard InChI is InChI=1S/C25H28N4O10S2/c1-40-13-11-20(24(32)38-18-7-3-16(4-8-18)28(34)35)26-22(30)15-23(31)27-21(12-14-41-2)25(33)39-19-9-5-17(6-10-19)29(36)37/h3-10,20-21H,11-15H2,1-2H3,(H,26,30)(H,27,31)/t20-,21-/m0/s1. The number of thioether (sulfide) groups is 2. The first-order chi connectivity index (χ1) is 19.5. The fraction of sp³-hybridized carbons (Fsp3) is 0.360. The molecule has 2 aromatic carbocycles. The molecule has 0 aliphatic rings. The van der Waals surface area contributed by atoms with Crippen LogP contribution in [0.2, 0.25) is 0 Å². The molecule has 2 atom stereocenters. The normalized spacial score (nSPS) is 12.0. The summed E-state index contributed by atoms with van der Waals surface area (Å²) in [5, 5.41) is 26.5. The lowest BCUT2D eigenvalue weighted by Gasteiger charge is -2.19. The van der Waals surface area contributed by atoms with Crippen molar-refractivity contribution in [1.29, 1.82) is 0 Å². The third-order valence-electron chi connectivity index (χ3n) is 5.31. The van der Waals surface area contributed by atoms with Crippen molar-refractivity contribution >= 4 is 58.7 Å². The maximum absolute atomic E-state index is 12.7. The molecular formula is C25H28N4O10S2. The molecule has 2 aromatic rings. The van der Waals surface area contributed by atoms with Crippen molar-refractivity contribution in [2.45, 2.75) is 31.3 Å². The van der Waals surface area contributed by atoms with Gasteiger partial charge in [0, 0.05) is 24.3 Å². The number of amides is 2. The number of nitro benzene ring substituents is 2. The fourth-order valence-corrected chi connectivity index (χ4v) is 4.20. The molecule has 41 heavy (non-hydrogen) atoms. The predicted octanol–water partition coefficient (Wildman–Crippen LogP) is 2.88. The molecule has 0 radical (unpaired) electrons. The first-order valence-corrected chi connectivity index (χ1v) is 14.8. The molecule has 14 nitrogen and oxygen atoms in total. The van der Waals surface area contributed by atoms with Gasteiger partial charge in [0.15, 0.2) is 0 Å². The van der Waals surface area contributed by atoms with Crippen LogP contribution < -0.4 is 20.1 Å². The van der Waals surface area contributed by atoms with Crippen molar-refractivity contribution in [2.75, 3.05) is 24.0 Å². The highest BCUT2D eigenvalue weighted by molar-refractivity contribution is 7.98. The average molecular weight is 609 g/mol. The molecule has 0 bridgehead atoms. The second-order valence-electron chi connectivity index (χ2n) is 8.32. The summed E-state index contributed by atoms with van der Waals surface area (Å²) in [6.45, 7) is 0. The summed E-state index contributed by atoms with van der Waals surface area (Å²) in [5.74, 6) is -2.15. The summed E-state index contributed by atoms with van der Waals surface area (Å²) in [5.41, 5.74) is -0.369. The number of esters is 2. The van der Waals surface area contributed by atoms with Gasteiger partial charge in [-0.3, -0.25) is 29.8 Å². The maximum atomic E-state index is 12.7. The largest absolute Gasteiger partial charge is 0.425 e. The zero-order valence-corrected chi connectivity index (χ0v) is 23.7. The minimum absolute atomic E-state index is 0.0462. The second kappa shape index (κ2) is 16.8. The van der Waals surface area contributed by atoms with Gasteiger partial charge in [-0.1, -0.05) is 0 Å². The Bertz CT molecular complexity index is 1150. The van der Waals surface area contributed by atoms with Crippen LogP contribution in [0.25, 0.3) is 0 Å². The first kappa shape index (κ1) is 33.0. The molecule has 16 heteroatoms. The van der Waals surface area contributed by atoms with Crippen molar-refractivity contribution in [2.24, 2.45) is 0 Å². The van der Waals surface area contributed by atoms with E-state index in [9.17, 15) is 39.4 Å². The summed E-state index contributed by atoms with van der Waals surface area (Å²) >= 11 is 2.84. The van der Waals surface area contributed by atoms with Gasteiger partial charge in [-0.15, -0.1) is 0 Å². The van der Waals surface area contributed by atoms with E-state index in [1.165, 1.54) is 72.1 Å². The van der Waals surface area contributed by atoms with E-state index in [4.69, 9.17) is 9.47 Å². The van der Waals surface area contributed by atoms with Crippen LogP contribution in [0.5, 0.6) is 11.5 Å². The Morgan fingerprint density at radius 3 is 1.34 bits per heavy atom. The number of nitro groups is 2. The number of nitrogens with one attached hydrogen (secondary N) is 2. The lowest BCUT2D eigenvalue weighted by Crippen LogP contribution is -2.47. The smallest absolute Gasteiger partial charge is 0.334 e. The van der Waals surface area contributed by atoms with E-state index in [-0.39, 0.29) is 35.7 Å². The second-order valence-corrected chi connectivity index (χ2v) is 10.3. The maximum Gasteiger partial charge on any atom is 0.334 e. The van der Waals surface area contributed by atoms with E-state index in [0.717, 1.165) is 0 Å². The number of hydrogen-bond acceptors (Lipinski definition) is 12. The van der Waals surface area contributed by atoms with Crippen LogP contribution >= 0.6 is 23.5 Å². The predicted molar refractivity (Wildman–Crippen MR) is 152 cm³/mol. The topological polar surface area (TPSA) is 197 Å². The van der Waals surface area contributed by atoms with Crippen molar-refractivity contribution < 1.29 is 38.5 Å². The van der Waals surface area contributed by atoms with E-state index in [1.54, 1.807) is 12.5 Å². The van der Waals surface area contributed by atoms with Gasteiger partial charge in [-0.05, 0) is 61.1 Å². The molecular weight excluding hydrogens is 580 g/mol. The van der Waals surface area contributed by atoms with Gasteiger partial charge in [0.25, 0.3) is 11.4 Å². The summed E-state index contributed by atoms with van der Waals surface area (Å²) < 4.78 is 10.5. The first-order valence-electron chi connectivity index (χ1n) is 12.0. The van der Waals surface area contributed by atoms with E-state index < -0.39 is 52.1 Å². The highest BCUT2D eigenvalue weighted by atomic mass is 32.2. The summed E-state index contributed by atoms with van der Waals surface area (Å²) in [7, 11) is 0. The van der Waals surface area contributed by atoms with Crippen molar-refractivity contribution in [3.05, 3.63) is 68.8 Å². The lowest BCUT2D eigenvalue weighted by molar-refractivity contribution is -0.385. The van der Waals surface area contributed by atoms with Crippen LogP contribution in [0, 0.1) is 20.2 Å². The number of hydrogen-bond donors (Lipinski definition) is 2. The zero-order chi connectivity index (χ0) is 30.4. The molecule has 0 spiro atoms. The SMILES string of the molecule is CSCC[C@H](NC(=O)CC(=O)N[C@@H](CCSC)C(=O)Oc1ccc([N+](=O)[O-])cc1)C(=O)Oc1ccc([N+](=O)[O-])cc1. The van der Waals surface area contributed by atoms with Crippen LogP contribution in [0.4, 0.5) is 11.4 Å². The van der Waals surface area contributed by atoms with Crippen LogP contribution in [-0.4, -0.2) is 69.7 Å². The quantitative estimate of drug-likeness (QED) is 0.0930. The minimum atomic E-state index is -1.10. The fourth-order valence-electron chi connectivity index (χ4n) is 3.25. The number of carbonyl (C=O) groups excluding carboxylic acids is 4. The molecule has 2 rings (SSSR count). The Morgan fingerprint density at radius 1 is 0.707 bits per heavy atom. The molecule has 0 fully saturated rings. The molecule has 2 amide bonds. The zero-order valence-electron chi connectivity index (χ0n) is 22.1. The van der Waals surface area contributed by atoms with Crippen molar-refractivity contribution in [3.8, 4) is 11.5 Å². The van der Waals surface area contributed by atoms with Gasteiger partial charge in [0.1, 0.15) is 30.0 Å². The van der Waals surface area contributed by atoms with Gasteiger partial charge < -0.3 is 20.1 Å². The van der Waals surface area contributed by atoms with E-state index in [1.807, 2.05) is 0 Å². The number of rotatable bonds is 16. The molecule has 0 saturated heterocycles. The van der Waals surface area contributed by atoms with Gasteiger partial charge in [0.2, 0.25) is 11.8 Å². The average Bonchev–Trinajstić information content (AvgIpc) is 2.93. The van der Waals surface area contributed by atoms with E-state index >= 15 is 0 Å². The monoisotopic (exact) mass is 608 g/mol. The van der Waals surface area contributed by atoms with Crippen LogP contribution in [0.3, 0.4) is 0 Å². The van der Waals surface area contributed by atoms with Crippen LogP contribution in [0.1, 0.15) is 19.3 Å². The number of ether oxygens (including phenoxy) is 2. The number of benzene rings is 2. The molecule has 0 aliphatic carbocycles. The molecule has 220 valence electrons. The van der Waals surface area contributed by atoms with Gasteiger partial charge >= 0.3 is 11.9 Å². The Morgan fingerprint density at radius 2 is 1.05 bits per heavy atom. The molecule has 2 N–H and O–H groups in total. The van der Waals surface area contributed by atoms with Gasteiger partial charge in [0.05, 0.1) is 9.85 Å². The highest BCUT2D eigenvalue weighted by Crippen LogP contribution is 2.19. The number of carbonyl (C=O) groups is 4. The third kappa shape index (κ3) is 11.4. The van der Waals surface area contributed by atoms with Gasteiger partial charge in [-0.2, -0.15) is 23.5 Å². The van der Waals surface area contributed by atoms with Crippen molar-refractivity contribution in [1.82, 2.24) is 10.6 Å². The van der Waals surface area contributed by atoms with E-state index in [0.29, 0.717) is 11.5 Å². The Balaban J connectivity index is 1.99.